The normalized spacial score (nSPS) is 13.3. The van der Waals surface area contributed by atoms with Crippen molar-refractivity contribution >= 4 is 29.3 Å². The number of ether oxygens (including phenoxy) is 1. The first kappa shape index (κ1) is 12.7. The lowest BCUT2D eigenvalue weighted by Gasteiger charge is -2.16. The summed E-state index contributed by atoms with van der Waals surface area (Å²) in [6.45, 7) is 0. The van der Waals surface area contributed by atoms with Crippen molar-refractivity contribution in [3.8, 4) is 5.75 Å². The van der Waals surface area contributed by atoms with Gasteiger partial charge in [-0.1, -0.05) is 18.2 Å². The van der Waals surface area contributed by atoms with Gasteiger partial charge in [-0.15, -0.1) is 11.8 Å². The molecule has 20 heavy (non-hydrogen) atoms. The summed E-state index contributed by atoms with van der Waals surface area (Å²) in [6, 6.07) is 14.0. The number of thioether (sulfide) groups is 1. The number of hydrogen-bond donors (Lipinski definition) is 1. The Hall–Kier alpha value is -2.27. The lowest BCUT2D eigenvalue weighted by molar-refractivity contribution is -0.113. The van der Waals surface area contributed by atoms with Crippen LogP contribution in [0.2, 0.25) is 0 Å². The lowest BCUT2D eigenvalue weighted by Crippen LogP contribution is -2.19. The van der Waals surface area contributed by atoms with Crippen LogP contribution in [0.1, 0.15) is 10.4 Å². The highest BCUT2D eigenvalue weighted by atomic mass is 32.2. The molecule has 0 aromatic heterocycles. The Kier molecular flexibility index (Phi) is 3.43. The Labute approximate surface area is 120 Å². The Balaban J connectivity index is 1.82. The monoisotopic (exact) mass is 285 g/mol. The van der Waals surface area contributed by atoms with E-state index in [9.17, 15) is 9.59 Å². The fourth-order valence-corrected chi connectivity index (χ4v) is 2.65. The van der Waals surface area contributed by atoms with Crippen molar-refractivity contribution in [2.75, 3.05) is 11.1 Å². The molecule has 0 atom stereocenters. The Morgan fingerprint density at radius 3 is 2.75 bits per heavy atom. The summed E-state index contributed by atoms with van der Waals surface area (Å²) >= 11 is 1.46. The third-order valence-corrected chi connectivity index (χ3v) is 3.88. The average Bonchev–Trinajstić information content (AvgIpc) is 2.47. The van der Waals surface area contributed by atoms with Gasteiger partial charge in [-0.05, 0) is 30.3 Å². The van der Waals surface area contributed by atoms with Crippen LogP contribution in [-0.2, 0) is 4.79 Å². The van der Waals surface area contributed by atoms with Crippen LogP contribution in [0.15, 0.2) is 53.4 Å². The SMILES string of the molecule is O=C1CSc2ccc(C(=O)Oc3ccccc3)cc2N1. The molecule has 3 rings (SSSR count). The smallest absolute Gasteiger partial charge is 0.343 e. The number of rotatable bonds is 2. The number of anilines is 1. The van der Waals surface area contributed by atoms with Gasteiger partial charge in [-0.3, -0.25) is 4.79 Å². The highest BCUT2D eigenvalue weighted by Gasteiger charge is 2.18. The zero-order valence-electron chi connectivity index (χ0n) is 10.5. The number of nitrogens with one attached hydrogen (secondary N) is 1. The summed E-state index contributed by atoms with van der Waals surface area (Å²) in [5.74, 6) is 0.398. The summed E-state index contributed by atoms with van der Waals surface area (Å²) in [5, 5.41) is 2.75. The van der Waals surface area contributed by atoms with Gasteiger partial charge in [0, 0.05) is 4.90 Å². The molecule has 0 saturated carbocycles. The summed E-state index contributed by atoms with van der Waals surface area (Å²) in [5.41, 5.74) is 1.07. The molecule has 0 fully saturated rings. The minimum Gasteiger partial charge on any atom is -0.423 e. The van der Waals surface area contributed by atoms with Crippen LogP contribution >= 0.6 is 11.8 Å². The first-order valence-electron chi connectivity index (χ1n) is 6.06. The summed E-state index contributed by atoms with van der Waals surface area (Å²) < 4.78 is 5.26. The highest BCUT2D eigenvalue weighted by Crippen LogP contribution is 2.32. The summed E-state index contributed by atoms with van der Waals surface area (Å²) in [4.78, 5) is 24.3. The number of hydrogen-bond acceptors (Lipinski definition) is 4. The Morgan fingerprint density at radius 2 is 1.95 bits per heavy atom. The van der Waals surface area contributed by atoms with E-state index in [1.54, 1.807) is 36.4 Å². The largest absolute Gasteiger partial charge is 0.423 e. The number of fused-ring (bicyclic) bond motifs is 1. The number of para-hydroxylation sites is 1. The molecular formula is C15H11NO3S. The van der Waals surface area contributed by atoms with Gasteiger partial charge in [-0.2, -0.15) is 0 Å². The van der Waals surface area contributed by atoms with Crippen LogP contribution in [0.25, 0.3) is 0 Å². The first-order valence-corrected chi connectivity index (χ1v) is 7.05. The lowest BCUT2D eigenvalue weighted by atomic mass is 10.2. The number of benzene rings is 2. The van der Waals surface area contributed by atoms with Crippen molar-refractivity contribution in [3.63, 3.8) is 0 Å². The number of carbonyl (C=O) groups is 2. The van der Waals surface area contributed by atoms with Crippen LogP contribution in [0.5, 0.6) is 5.75 Å². The molecular weight excluding hydrogens is 274 g/mol. The van der Waals surface area contributed by atoms with Gasteiger partial charge in [-0.25, -0.2) is 4.79 Å². The van der Waals surface area contributed by atoms with Gasteiger partial charge in [0.05, 0.1) is 17.0 Å². The molecule has 5 heteroatoms. The highest BCUT2D eigenvalue weighted by molar-refractivity contribution is 8.00. The maximum absolute atomic E-state index is 12.0. The standard InChI is InChI=1S/C15H11NO3S/c17-14-9-20-13-7-6-10(8-12(13)16-14)15(18)19-11-4-2-1-3-5-11/h1-8H,9H2,(H,16,17). The van der Waals surface area contributed by atoms with Crippen LogP contribution < -0.4 is 10.1 Å². The second-order valence-electron chi connectivity index (χ2n) is 4.25. The van der Waals surface area contributed by atoms with Crippen molar-refractivity contribution in [1.82, 2.24) is 0 Å². The van der Waals surface area contributed by atoms with E-state index in [0.717, 1.165) is 4.90 Å². The van der Waals surface area contributed by atoms with Crippen LogP contribution in [0, 0.1) is 0 Å². The molecule has 1 heterocycles. The van der Waals surface area contributed by atoms with Gasteiger partial charge in [0.15, 0.2) is 0 Å². The predicted molar refractivity (Wildman–Crippen MR) is 77.2 cm³/mol. The van der Waals surface area contributed by atoms with E-state index in [1.807, 2.05) is 12.1 Å². The molecule has 1 aliphatic heterocycles. The molecule has 2 aromatic carbocycles. The maximum Gasteiger partial charge on any atom is 0.343 e. The molecule has 0 unspecified atom stereocenters. The van der Waals surface area contributed by atoms with E-state index in [2.05, 4.69) is 5.32 Å². The van der Waals surface area contributed by atoms with Crippen LogP contribution in [0.4, 0.5) is 5.69 Å². The van der Waals surface area contributed by atoms with E-state index in [4.69, 9.17) is 4.74 Å². The molecule has 0 saturated heterocycles. The molecule has 0 radical (unpaired) electrons. The minimum absolute atomic E-state index is 0.0592. The predicted octanol–water partition coefficient (Wildman–Crippen LogP) is 2.95. The topological polar surface area (TPSA) is 55.4 Å². The Morgan fingerprint density at radius 1 is 1.15 bits per heavy atom. The third kappa shape index (κ3) is 2.67. The fraction of sp³-hybridized carbons (Fsp3) is 0.0667. The van der Waals surface area contributed by atoms with Crippen molar-refractivity contribution < 1.29 is 14.3 Å². The van der Waals surface area contributed by atoms with E-state index in [-0.39, 0.29) is 5.91 Å². The zero-order chi connectivity index (χ0) is 13.9. The van der Waals surface area contributed by atoms with Crippen molar-refractivity contribution in [2.24, 2.45) is 0 Å². The van der Waals surface area contributed by atoms with Gasteiger partial charge in [0.2, 0.25) is 5.91 Å². The van der Waals surface area contributed by atoms with Gasteiger partial charge >= 0.3 is 5.97 Å². The van der Waals surface area contributed by atoms with Crippen LogP contribution in [0.3, 0.4) is 0 Å². The molecule has 1 amide bonds. The second kappa shape index (κ2) is 5.38. The number of amides is 1. The second-order valence-corrected chi connectivity index (χ2v) is 5.27. The van der Waals surface area contributed by atoms with Gasteiger partial charge < -0.3 is 10.1 Å². The van der Waals surface area contributed by atoms with E-state index < -0.39 is 5.97 Å². The summed E-state index contributed by atoms with van der Waals surface area (Å²) in [7, 11) is 0. The fourth-order valence-electron chi connectivity index (χ4n) is 1.86. The third-order valence-electron chi connectivity index (χ3n) is 2.80. The molecule has 2 aromatic rings. The summed E-state index contributed by atoms with van der Waals surface area (Å²) in [6.07, 6.45) is 0. The van der Waals surface area contributed by atoms with Gasteiger partial charge in [0.1, 0.15) is 5.75 Å². The maximum atomic E-state index is 12.0. The molecule has 0 bridgehead atoms. The number of carbonyl (C=O) groups excluding carboxylic acids is 2. The zero-order valence-corrected chi connectivity index (χ0v) is 11.3. The molecule has 1 N–H and O–H groups in total. The van der Waals surface area contributed by atoms with Crippen molar-refractivity contribution in [1.29, 1.82) is 0 Å². The number of esters is 1. The molecule has 4 nitrogen and oxygen atoms in total. The Bertz CT molecular complexity index is 670. The molecule has 0 spiro atoms. The first-order chi connectivity index (χ1) is 9.72. The average molecular weight is 285 g/mol. The molecule has 1 aliphatic rings. The van der Waals surface area contributed by atoms with Crippen molar-refractivity contribution in [2.45, 2.75) is 4.90 Å². The van der Waals surface area contributed by atoms with E-state index >= 15 is 0 Å². The van der Waals surface area contributed by atoms with Crippen LogP contribution in [-0.4, -0.2) is 17.6 Å². The van der Waals surface area contributed by atoms with Crippen molar-refractivity contribution in [3.05, 3.63) is 54.1 Å². The quantitative estimate of drug-likeness (QED) is 0.681. The molecule has 0 aliphatic carbocycles. The minimum atomic E-state index is -0.441. The van der Waals surface area contributed by atoms with E-state index in [1.165, 1.54) is 11.8 Å². The van der Waals surface area contributed by atoms with Gasteiger partial charge in [0.25, 0.3) is 0 Å². The molecule has 100 valence electrons. The van der Waals surface area contributed by atoms with E-state index in [0.29, 0.717) is 22.8 Å².